The number of hydrogen-bond acceptors (Lipinski definition) is 4. The summed E-state index contributed by atoms with van der Waals surface area (Å²) < 4.78 is 43.0. The van der Waals surface area contributed by atoms with Crippen molar-refractivity contribution in [2.45, 2.75) is 45.0 Å². The Morgan fingerprint density at radius 3 is 2.55 bits per heavy atom. The predicted octanol–water partition coefficient (Wildman–Crippen LogP) is 4.21. The molecule has 1 amide bonds. The van der Waals surface area contributed by atoms with Crippen molar-refractivity contribution in [2.24, 2.45) is 11.7 Å². The van der Waals surface area contributed by atoms with E-state index in [1.54, 1.807) is 12.1 Å². The van der Waals surface area contributed by atoms with E-state index in [-0.39, 0.29) is 17.6 Å². The Morgan fingerprint density at radius 2 is 1.88 bits per heavy atom. The number of carbonyl (C=O) groups excluding carboxylic acids is 1. The van der Waals surface area contributed by atoms with Crippen LogP contribution in [0.1, 0.15) is 41.7 Å². The quantitative estimate of drug-likeness (QED) is 0.675. The fraction of sp³-hybridized carbons (Fsp3) is 0.458. The second-order valence-corrected chi connectivity index (χ2v) is 8.59. The molecule has 0 saturated carbocycles. The monoisotopic (exact) mass is 462 g/mol. The number of ether oxygens (including phenoxy) is 1. The zero-order chi connectivity index (χ0) is 23.4. The van der Waals surface area contributed by atoms with Crippen LogP contribution in [-0.4, -0.2) is 36.5 Å². The highest BCUT2D eigenvalue weighted by molar-refractivity contribution is 5.94. The molecule has 3 heterocycles. The minimum atomic E-state index is -4.69. The Morgan fingerprint density at radius 1 is 1.15 bits per heavy atom. The lowest BCUT2D eigenvalue weighted by Crippen LogP contribution is -2.35. The Labute approximate surface area is 191 Å². The summed E-state index contributed by atoms with van der Waals surface area (Å²) in [5.74, 6) is -0.0997. The zero-order valence-corrected chi connectivity index (χ0v) is 18.4. The highest BCUT2D eigenvalue weighted by Gasteiger charge is 2.31. The van der Waals surface area contributed by atoms with Crippen LogP contribution in [0.15, 0.2) is 48.3 Å². The van der Waals surface area contributed by atoms with Gasteiger partial charge in [0.1, 0.15) is 5.75 Å². The maximum absolute atomic E-state index is 12.4. The molecule has 2 aliphatic heterocycles. The molecule has 0 bridgehead atoms. The molecule has 4 rings (SSSR count). The molecule has 2 aliphatic rings. The average molecular weight is 463 g/mol. The van der Waals surface area contributed by atoms with Crippen LogP contribution in [0.3, 0.4) is 0 Å². The summed E-state index contributed by atoms with van der Waals surface area (Å²) in [6, 6.07) is 7.89. The number of benzene rings is 1. The van der Waals surface area contributed by atoms with Crippen molar-refractivity contribution < 1.29 is 22.7 Å². The first-order valence-electron chi connectivity index (χ1n) is 11.3. The molecule has 0 aliphatic carbocycles. The summed E-state index contributed by atoms with van der Waals surface area (Å²) in [6.45, 7) is 2.86. The first-order chi connectivity index (χ1) is 15.8. The fourth-order valence-electron chi connectivity index (χ4n) is 4.55. The first kappa shape index (κ1) is 23.1. The number of alkyl halides is 3. The van der Waals surface area contributed by atoms with E-state index in [1.165, 1.54) is 24.2 Å². The lowest BCUT2D eigenvalue weighted by Gasteiger charge is -2.34. The maximum atomic E-state index is 12.4. The van der Waals surface area contributed by atoms with Crippen molar-refractivity contribution in [3.63, 3.8) is 0 Å². The molecule has 1 aromatic heterocycles. The number of nitrogens with zero attached hydrogens (tertiary/aromatic N) is 2. The molecule has 0 unspecified atom stereocenters. The van der Waals surface area contributed by atoms with Crippen LogP contribution in [-0.2, 0) is 13.0 Å². The molecule has 0 spiro atoms. The van der Waals surface area contributed by atoms with Gasteiger partial charge < -0.3 is 25.3 Å². The number of rotatable bonds is 6. The number of allylic oxidation sites excluding steroid dienone is 1. The molecule has 0 atom stereocenters. The number of halogens is 3. The lowest BCUT2D eigenvalue weighted by atomic mass is 9.93. The standard InChI is InChI=1S/C24H29F3N4O2/c25-24(26,27)33-21-6-4-19(5-7-21)30-13-9-17(10-14-30)22(28)8-11-29-23(32)18-15-20-3-1-2-12-31(20)16-18/h4-8,15-17H,1-3,9-14,28H2,(H,29,32)/b22-8+. The summed E-state index contributed by atoms with van der Waals surface area (Å²) in [6.07, 6.45) is 4.12. The molecule has 178 valence electrons. The normalized spacial score (nSPS) is 17.5. The van der Waals surface area contributed by atoms with Gasteiger partial charge >= 0.3 is 6.36 Å². The molecule has 3 N–H and O–H groups in total. The van der Waals surface area contributed by atoms with Crippen molar-refractivity contribution in [3.8, 4) is 5.75 Å². The van der Waals surface area contributed by atoms with E-state index < -0.39 is 6.36 Å². The number of hydrogen-bond donors (Lipinski definition) is 2. The van der Waals surface area contributed by atoms with Crippen LogP contribution < -0.4 is 20.7 Å². The highest BCUT2D eigenvalue weighted by atomic mass is 19.4. The van der Waals surface area contributed by atoms with Gasteiger partial charge in [-0.1, -0.05) is 0 Å². The van der Waals surface area contributed by atoms with Gasteiger partial charge in [0.25, 0.3) is 5.91 Å². The van der Waals surface area contributed by atoms with Crippen molar-refractivity contribution in [1.82, 2.24) is 9.88 Å². The minimum Gasteiger partial charge on any atom is -0.406 e. The molecule has 1 aromatic carbocycles. The van der Waals surface area contributed by atoms with Gasteiger partial charge in [-0.2, -0.15) is 0 Å². The van der Waals surface area contributed by atoms with Crippen LogP contribution in [0.25, 0.3) is 0 Å². The van der Waals surface area contributed by atoms with E-state index in [0.717, 1.165) is 56.7 Å². The van der Waals surface area contributed by atoms with Crippen LogP contribution in [0.4, 0.5) is 18.9 Å². The smallest absolute Gasteiger partial charge is 0.406 e. The van der Waals surface area contributed by atoms with Crippen molar-refractivity contribution in [1.29, 1.82) is 0 Å². The molecular formula is C24H29F3N4O2. The van der Waals surface area contributed by atoms with Gasteiger partial charge in [-0.15, -0.1) is 13.2 Å². The topological polar surface area (TPSA) is 72.5 Å². The Balaban J connectivity index is 1.23. The molecule has 2 aromatic rings. The number of carbonyl (C=O) groups is 1. The molecule has 1 fully saturated rings. The summed E-state index contributed by atoms with van der Waals surface area (Å²) in [7, 11) is 0. The van der Waals surface area contributed by atoms with Gasteiger partial charge in [-0.05, 0) is 68.5 Å². The number of aryl methyl sites for hydroxylation is 2. The highest BCUT2D eigenvalue weighted by Crippen LogP contribution is 2.29. The number of anilines is 1. The van der Waals surface area contributed by atoms with E-state index in [0.29, 0.717) is 12.1 Å². The molecule has 6 nitrogen and oxygen atoms in total. The minimum absolute atomic E-state index is 0.0891. The number of fused-ring (bicyclic) bond motifs is 1. The van der Waals surface area contributed by atoms with E-state index in [2.05, 4.69) is 19.5 Å². The largest absolute Gasteiger partial charge is 0.573 e. The van der Waals surface area contributed by atoms with Gasteiger partial charge in [-0.3, -0.25) is 4.79 Å². The van der Waals surface area contributed by atoms with Crippen molar-refractivity contribution in [3.05, 3.63) is 59.6 Å². The third kappa shape index (κ3) is 6.03. The fourth-order valence-corrected chi connectivity index (χ4v) is 4.55. The van der Waals surface area contributed by atoms with Gasteiger partial charge in [-0.25, -0.2) is 0 Å². The molecule has 9 heteroatoms. The number of nitrogens with one attached hydrogen (secondary N) is 1. The zero-order valence-electron chi connectivity index (χ0n) is 18.4. The Hall–Kier alpha value is -3.10. The molecular weight excluding hydrogens is 433 g/mol. The molecule has 1 saturated heterocycles. The van der Waals surface area contributed by atoms with E-state index in [1.807, 2.05) is 18.3 Å². The summed E-state index contributed by atoms with van der Waals surface area (Å²) in [4.78, 5) is 14.6. The lowest BCUT2D eigenvalue weighted by molar-refractivity contribution is -0.274. The Kier molecular flexibility index (Phi) is 6.85. The second kappa shape index (κ2) is 9.80. The van der Waals surface area contributed by atoms with Crippen LogP contribution in [0.2, 0.25) is 0 Å². The summed E-state index contributed by atoms with van der Waals surface area (Å²) in [5.41, 5.74) is 9.81. The maximum Gasteiger partial charge on any atom is 0.573 e. The van der Waals surface area contributed by atoms with Crippen molar-refractivity contribution in [2.75, 3.05) is 24.5 Å². The molecule has 33 heavy (non-hydrogen) atoms. The van der Waals surface area contributed by atoms with E-state index in [9.17, 15) is 18.0 Å². The van der Waals surface area contributed by atoms with Gasteiger partial charge in [0, 0.05) is 55.4 Å². The SMILES string of the molecule is N/C(=C/CNC(=O)c1cc2n(c1)CCCC2)C1CCN(c2ccc(OC(F)(F)F)cc2)CC1. The van der Waals surface area contributed by atoms with E-state index in [4.69, 9.17) is 5.73 Å². The van der Waals surface area contributed by atoms with Crippen LogP contribution >= 0.6 is 0 Å². The first-order valence-corrected chi connectivity index (χ1v) is 11.3. The number of nitrogens with two attached hydrogens (primary N) is 1. The summed E-state index contributed by atoms with van der Waals surface area (Å²) >= 11 is 0. The summed E-state index contributed by atoms with van der Waals surface area (Å²) in [5, 5.41) is 2.92. The Bertz CT molecular complexity index is 967. The third-order valence-electron chi connectivity index (χ3n) is 6.33. The van der Waals surface area contributed by atoms with Crippen molar-refractivity contribution >= 4 is 11.6 Å². The van der Waals surface area contributed by atoms with Gasteiger partial charge in [0.15, 0.2) is 0 Å². The second-order valence-electron chi connectivity index (χ2n) is 8.59. The number of aromatic nitrogens is 1. The van der Waals surface area contributed by atoms with E-state index >= 15 is 0 Å². The number of piperidine rings is 1. The number of amides is 1. The van der Waals surface area contributed by atoms with Gasteiger partial charge in [0.2, 0.25) is 0 Å². The van der Waals surface area contributed by atoms with Crippen LogP contribution in [0, 0.1) is 5.92 Å². The third-order valence-corrected chi connectivity index (χ3v) is 6.33. The van der Waals surface area contributed by atoms with Gasteiger partial charge in [0.05, 0.1) is 5.56 Å². The molecule has 0 radical (unpaired) electrons. The predicted molar refractivity (Wildman–Crippen MR) is 120 cm³/mol. The average Bonchev–Trinajstić information content (AvgIpc) is 3.23. The van der Waals surface area contributed by atoms with Crippen LogP contribution in [0.5, 0.6) is 5.75 Å².